The molecule has 3 aliphatic heterocycles. The lowest BCUT2D eigenvalue weighted by atomic mass is 9.96. The zero-order valence-corrected chi connectivity index (χ0v) is 33.9. The Morgan fingerprint density at radius 3 is 1.61 bits per heavy atom. The molecule has 3 saturated heterocycles. The van der Waals surface area contributed by atoms with Crippen LogP contribution in [0.1, 0.15) is 26.2 Å². The SMILES string of the molecule is BC1CC(OP(O)(=S)OCC2OC(B)CC2OP(=S)(OCCOCCOCCN)OCC2OC(B)CC2OP(O)(=S)OCC)C(COC)O1. The third kappa shape index (κ3) is 16.4. The lowest BCUT2D eigenvalue weighted by Crippen LogP contribution is -2.32. The maximum atomic E-state index is 10.9. The minimum atomic E-state index is -3.70. The van der Waals surface area contributed by atoms with Gasteiger partial charge in [-0.15, -0.1) is 0 Å². The molecule has 12 atom stereocenters. The van der Waals surface area contributed by atoms with Gasteiger partial charge in [0.15, 0.2) is 0 Å². The van der Waals surface area contributed by atoms with Gasteiger partial charge in [0.2, 0.25) is 0 Å². The molecule has 0 aromatic carbocycles. The lowest BCUT2D eigenvalue weighted by Gasteiger charge is -2.30. The number of ether oxygens (including phenoxy) is 6. The highest BCUT2D eigenvalue weighted by atomic mass is 32.5. The average Bonchev–Trinajstić information content (AvgIpc) is 3.66. The van der Waals surface area contributed by atoms with Crippen LogP contribution in [-0.4, -0.2) is 161 Å². The van der Waals surface area contributed by atoms with Gasteiger partial charge in [0.1, 0.15) is 41.9 Å². The molecule has 0 saturated carbocycles. The van der Waals surface area contributed by atoms with Gasteiger partial charge in [-0.3, -0.25) is 0 Å². The smallest absolute Gasteiger partial charge is 0.327 e. The Bertz CT molecular complexity index is 1130. The number of rotatable bonds is 25. The minimum absolute atomic E-state index is 0.0674. The van der Waals surface area contributed by atoms with Crippen LogP contribution < -0.4 is 5.73 Å². The van der Waals surface area contributed by atoms with Crippen molar-refractivity contribution < 1.29 is 69.9 Å². The van der Waals surface area contributed by atoms with Crippen molar-refractivity contribution in [1.29, 1.82) is 0 Å². The Kier molecular flexibility index (Phi) is 20.3. The topological polar surface area (TPSA) is 186 Å². The molecule has 3 heterocycles. The molecule has 3 fully saturated rings. The Morgan fingerprint density at radius 1 is 0.653 bits per heavy atom. The minimum Gasteiger partial charge on any atom is -0.382 e. The molecule has 0 amide bonds. The first kappa shape index (κ1) is 44.9. The Hall–Kier alpha value is 1.50. The summed E-state index contributed by atoms with van der Waals surface area (Å²) in [7, 11) is 7.23. The molecule has 16 nitrogen and oxygen atoms in total. The molecule has 4 N–H and O–H groups in total. The van der Waals surface area contributed by atoms with E-state index in [1.54, 1.807) is 14.0 Å². The summed E-state index contributed by atoms with van der Waals surface area (Å²) in [4.78, 5) is 21.4. The van der Waals surface area contributed by atoms with E-state index in [1.165, 1.54) is 0 Å². The number of hydrogen-bond donors (Lipinski definition) is 3. The number of hydrogen-bond acceptors (Lipinski definition) is 17. The van der Waals surface area contributed by atoms with E-state index in [9.17, 15) is 9.79 Å². The number of methoxy groups -OCH3 is 1. The van der Waals surface area contributed by atoms with Crippen molar-refractivity contribution in [3.8, 4) is 0 Å². The summed E-state index contributed by atoms with van der Waals surface area (Å²) in [5.74, 6) is 0. The second-order valence-corrected chi connectivity index (χ2v) is 20.3. The predicted octanol–water partition coefficient (Wildman–Crippen LogP) is -1.23. The molecule has 0 bridgehead atoms. The van der Waals surface area contributed by atoms with Crippen LogP contribution in [-0.2, 0) is 95.5 Å². The van der Waals surface area contributed by atoms with Crippen molar-refractivity contribution in [3.05, 3.63) is 0 Å². The molecule has 0 radical (unpaired) electrons. The van der Waals surface area contributed by atoms with Gasteiger partial charge >= 0.3 is 20.2 Å². The van der Waals surface area contributed by atoms with Gasteiger partial charge < -0.3 is 75.6 Å². The molecule has 3 rings (SSSR count). The van der Waals surface area contributed by atoms with Gasteiger partial charge in [0, 0.05) is 31.7 Å². The van der Waals surface area contributed by atoms with Gasteiger partial charge in [-0.25, -0.2) is 0 Å². The standard InChI is InChI=1S/C24H51B3NO15P3S3/c1-3-34-44(29,47)41-17-11-23(26)40-21(17)15-37-46(49,35-9-8-33-7-6-32-5-4-28)43-18-12-24(27)39-20(18)14-36-45(30,48)42-16-10-22(25)38-19(16)13-31-2/h16-24H,3-15,25-28H2,1-2H3,(H,29,47)(H,30,48). The molecule has 284 valence electrons. The van der Waals surface area contributed by atoms with Gasteiger partial charge in [0.25, 0.3) is 0 Å². The van der Waals surface area contributed by atoms with Crippen LogP contribution in [0, 0.1) is 0 Å². The first-order valence-corrected chi connectivity index (χ1v) is 24.1. The van der Waals surface area contributed by atoms with Gasteiger partial charge in [-0.2, -0.15) is 0 Å². The van der Waals surface area contributed by atoms with E-state index in [1.807, 2.05) is 23.5 Å². The van der Waals surface area contributed by atoms with Crippen LogP contribution in [0.2, 0.25) is 0 Å². The maximum absolute atomic E-state index is 10.9. The molecule has 12 unspecified atom stereocenters. The first-order valence-electron chi connectivity index (χ1n) is 16.4. The highest BCUT2D eigenvalue weighted by molar-refractivity contribution is 8.08. The normalized spacial score (nSPS) is 34.1. The van der Waals surface area contributed by atoms with E-state index in [0.29, 0.717) is 52.2 Å². The van der Waals surface area contributed by atoms with Crippen molar-refractivity contribution in [2.45, 2.75) is 80.8 Å². The molecular formula is C24H51B3NO15P3S3. The summed E-state index contributed by atoms with van der Waals surface area (Å²) in [5, 5.41) is 0. The van der Waals surface area contributed by atoms with Gasteiger partial charge in [-0.05, 0) is 61.6 Å². The monoisotopic (exact) mass is 815 g/mol. The van der Waals surface area contributed by atoms with Crippen molar-refractivity contribution >= 4 is 79.1 Å². The highest BCUT2D eigenvalue weighted by Gasteiger charge is 2.43. The van der Waals surface area contributed by atoms with E-state index in [0.717, 1.165) is 0 Å². The predicted molar refractivity (Wildman–Crippen MR) is 199 cm³/mol. The van der Waals surface area contributed by atoms with Gasteiger partial charge in [-0.1, -0.05) is 0 Å². The zero-order chi connectivity index (χ0) is 36.1. The van der Waals surface area contributed by atoms with Crippen LogP contribution in [0.3, 0.4) is 0 Å². The number of nitrogens with two attached hydrogens (primary N) is 1. The summed E-state index contributed by atoms with van der Waals surface area (Å²) in [6.45, 7) is -6.79. The first-order chi connectivity index (χ1) is 23.2. The van der Waals surface area contributed by atoms with E-state index < -0.39 is 50.7 Å². The fourth-order valence-corrected chi connectivity index (χ4v) is 10.7. The van der Waals surface area contributed by atoms with E-state index in [-0.39, 0.29) is 57.1 Å². The second-order valence-electron chi connectivity index (χ2n) is 11.8. The highest BCUT2D eigenvalue weighted by Crippen LogP contribution is 2.55. The van der Waals surface area contributed by atoms with Gasteiger partial charge in [0.05, 0.1) is 77.8 Å². The fraction of sp³-hybridized carbons (Fsp3) is 1.00. The molecule has 49 heavy (non-hydrogen) atoms. The van der Waals surface area contributed by atoms with Crippen molar-refractivity contribution in [1.82, 2.24) is 0 Å². The summed E-state index contributed by atoms with van der Waals surface area (Å²) < 4.78 is 75.2. The fourth-order valence-electron chi connectivity index (χ4n) is 5.47. The summed E-state index contributed by atoms with van der Waals surface area (Å²) in [6.07, 6.45) is -1.94. The summed E-state index contributed by atoms with van der Waals surface area (Å²) in [5.41, 5.74) is 5.44. The summed E-state index contributed by atoms with van der Waals surface area (Å²) >= 11 is 16.4. The van der Waals surface area contributed by atoms with Crippen LogP contribution in [0.5, 0.6) is 0 Å². The third-order valence-corrected chi connectivity index (χ3v) is 13.2. The van der Waals surface area contributed by atoms with Crippen molar-refractivity contribution in [2.24, 2.45) is 5.73 Å². The maximum Gasteiger partial charge on any atom is 0.327 e. The third-order valence-electron chi connectivity index (χ3n) is 7.49. The van der Waals surface area contributed by atoms with E-state index >= 15 is 0 Å². The van der Waals surface area contributed by atoms with E-state index in [4.69, 9.17) is 101 Å². The molecule has 3 aliphatic rings. The second kappa shape index (κ2) is 22.2. The van der Waals surface area contributed by atoms with Crippen molar-refractivity contribution in [3.63, 3.8) is 0 Å². The molecule has 0 aliphatic carbocycles. The molecule has 0 aromatic heterocycles. The van der Waals surface area contributed by atoms with E-state index in [2.05, 4.69) is 0 Å². The Morgan fingerprint density at radius 2 is 1.10 bits per heavy atom. The molecule has 0 spiro atoms. The van der Waals surface area contributed by atoms with Crippen LogP contribution in [0.15, 0.2) is 0 Å². The Balaban J connectivity index is 1.64. The Labute approximate surface area is 307 Å². The summed E-state index contributed by atoms with van der Waals surface area (Å²) in [6, 6.07) is -0.498. The van der Waals surface area contributed by atoms with Crippen molar-refractivity contribution in [2.75, 3.05) is 73.1 Å². The molecule has 0 aromatic rings. The largest absolute Gasteiger partial charge is 0.382 e. The molecular weight excluding hydrogens is 764 g/mol. The van der Waals surface area contributed by atoms with Crippen LogP contribution in [0.25, 0.3) is 0 Å². The van der Waals surface area contributed by atoms with Crippen LogP contribution >= 0.6 is 20.2 Å². The quantitative estimate of drug-likeness (QED) is 0.0565. The average molecular weight is 815 g/mol. The molecule has 25 heteroatoms. The van der Waals surface area contributed by atoms with Crippen LogP contribution in [0.4, 0.5) is 0 Å². The zero-order valence-electron chi connectivity index (χ0n) is 28.7. The lowest BCUT2D eigenvalue weighted by molar-refractivity contribution is -0.0284.